The Morgan fingerprint density at radius 1 is 1.36 bits per heavy atom. The molecule has 1 aliphatic heterocycles. The Morgan fingerprint density at radius 2 is 2.00 bits per heavy atom. The second-order valence-electron chi connectivity index (χ2n) is 2.89. The number of hydrogen-bond acceptors (Lipinski definition) is 3. The zero-order valence-corrected chi connectivity index (χ0v) is 8.76. The molecule has 0 spiro atoms. The van der Waals surface area contributed by atoms with Gasteiger partial charge in [-0.3, -0.25) is 4.79 Å². The number of amides is 1. The molecule has 0 unspecified atom stereocenters. The van der Waals surface area contributed by atoms with Gasteiger partial charge in [0.15, 0.2) is 0 Å². The SMILES string of the molecule is CN1C(=O)c2cccc(Cl)c2S1(=O)=O. The van der Waals surface area contributed by atoms with Crippen LogP contribution in [-0.2, 0) is 10.0 Å². The van der Waals surface area contributed by atoms with E-state index < -0.39 is 15.9 Å². The number of benzene rings is 1. The average Bonchev–Trinajstić information content (AvgIpc) is 2.29. The maximum absolute atomic E-state index is 11.6. The lowest BCUT2D eigenvalue weighted by atomic mass is 10.2. The molecule has 74 valence electrons. The topological polar surface area (TPSA) is 54.5 Å². The number of rotatable bonds is 0. The largest absolute Gasteiger partial charge is 0.268 e. The molecule has 0 saturated carbocycles. The fourth-order valence-corrected chi connectivity index (χ4v) is 3.16. The quantitative estimate of drug-likeness (QED) is 0.672. The zero-order chi connectivity index (χ0) is 10.5. The Labute approximate surface area is 86.1 Å². The summed E-state index contributed by atoms with van der Waals surface area (Å²) in [7, 11) is -2.50. The van der Waals surface area contributed by atoms with E-state index in [2.05, 4.69) is 0 Å². The Morgan fingerprint density at radius 3 is 2.57 bits per heavy atom. The van der Waals surface area contributed by atoms with Crippen LogP contribution < -0.4 is 0 Å². The van der Waals surface area contributed by atoms with Crippen molar-refractivity contribution in [2.24, 2.45) is 0 Å². The lowest BCUT2D eigenvalue weighted by molar-refractivity contribution is 0.0891. The number of sulfonamides is 1. The van der Waals surface area contributed by atoms with Crippen LogP contribution in [0.15, 0.2) is 23.1 Å². The lowest BCUT2D eigenvalue weighted by Crippen LogP contribution is -2.24. The highest BCUT2D eigenvalue weighted by atomic mass is 35.5. The molecule has 2 rings (SSSR count). The molecule has 1 aliphatic rings. The second kappa shape index (κ2) is 2.71. The monoisotopic (exact) mass is 231 g/mol. The van der Waals surface area contributed by atoms with Gasteiger partial charge in [0.2, 0.25) is 0 Å². The summed E-state index contributed by atoms with van der Waals surface area (Å²) in [6.45, 7) is 0. The molecule has 1 aromatic carbocycles. The third-order valence-electron chi connectivity index (χ3n) is 2.10. The fourth-order valence-electron chi connectivity index (χ4n) is 1.36. The number of hydrogen-bond donors (Lipinski definition) is 0. The first-order valence-corrected chi connectivity index (χ1v) is 5.60. The lowest BCUT2D eigenvalue weighted by Gasteiger charge is -2.06. The minimum absolute atomic E-state index is 0.0835. The van der Waals surface area contributed by atoms with Crippen molar-refractivity contribution in [3.05, 3.63) is 28.8 Å². The van der Waals surface area contributed by atoms with E-state index in [4.69, 9.17) is 11.6 Å². The molecule has 0 bridgehead atoms. The van der Waals surface area contributed by atoms with E-state index in [1.54, 1.807) is 6.07 Å². The standard InChI is InChI=1S/C8H6ClNO3S/c1-10-8(11)5-3-2-4-6(9)7(5)14(10,12)13/h2-4H,1H3. The Bertz CT molecular complexity index is 523. The highest BCUT2D eigenvalue weighted by molar-refractivity contribution is 7.90. The fraction of sp³-hybridized carbons (Fsp3) is 0.125. The van der Waals surface area contributed by atoms with Gasteiger partial charge in [-0.2, -0.15) is 0 Å². The van der Waals surface area contributed by atoms with Crippen LogP contribution >= 0.6 is 11.6 Å². The first-order chi connectivity index (χ1) is 6.46. The molecule has 0 radical (unpaired) electrons. The van der Waals surface area contributed by atoms with E-state index in [9.17, 15) is 13.2 Å². The van der Waals surface area contributed by atoms with Crippen molar-refractivity contribution >= 4 is 27.5 Å². The highest BCUT2D eigenvalue weighted by Crippen LogP contribution is 2.34. The molecule has 14 heavy (non-hydrogen) atoms. The third-order valence-corrected chi connectivity index (χ3v) is 4.37. The van der Waals surface area contributed by atoms with Crippen LogP contribution in [0.1, 0.15) is 10.4 Å². The summed E-state index contributed by atoms with van der Waals surface area (Å²) in [5.41, 5.74) is 0.139. The summed E-state index contributed by atoms with van der Waals surface area (Å²) < 4.78 is 24.0. The van der Waals surface area contributed by atoms with E-state index in [1.165, 1.54) is 19.2 Å². The molecule has 1 heterocycles. The van der Waals surface area contributed by atoms with Gasteiger partial charge < -0.3 is 0 Å². The van der Waals surface area contributed by atoms with E-state index >= 15 is 0 Å². The molecule has 1 amide bonds. The van der Waals surface area contributed by atoms with Crippen LogP contribution in [0.2, 0.25) is 5.02 Å². The first-order valence-electron chi connectivity index (χ1n) is 3.78. The smallest absolute Gasteiger partial charge is 0.268 e. The molecule has 6 heteroatoms. The molecular weight excluding hydrogens is 226 g/mol. The average molecular weight is 232 g/mol. The second-order valence-corrected chi connectivity index (χ2v) is 5.21. The first kappa shape index (κ1) is 9.48. The van der Waals surface area contributed by atoms with Gasteiger partial charge in [-0.25, -0.2) is 12.7 Å². The van der Waals surface area contributed by atoms with Gasteiger partial charge >= 0.3 is 0 Å². The summed E-state index contributed by atoms with van der Waals surface area (Å²) in [5, 5.41) is 0.0835. The van der Waals surface area contributed by atoms with Crippen molar-refractivity contribution in [3.63, 3.8) is 0 Å². The van der Waals surface area contributed by atoms with Gasteiger partial charge in [0.05, 0.1) is 10.6 Å². The predicted molar refractivity (Wildman–Crippen MR) is 50.7 cm³/mol. The summed E-state index contributed by atoms with van der Waals surface area (Å²) >= 11 is 5.73. The molecule has 0 aliphatic carbocycles. The molecule has 0 atom stereocenters. The van der Waals surface area contributed by atoms with Crippen LogP contribution in [-0.4, -0.2) is 25.7 Å². The minimum atomic E-state index is -3.71. The highest BCUT2D eigenvalue weighted by Gasteiger charge is 2.40. The van der Waals surface area contributed by atoms with Crippen LogP contribution in [0.5, 0.6) is 0 Å². The number of nitrogens with zero attached hydrogens (tertiary/aromatic N) is 1. The Balaban J connectivity index is 2.89. The maximum atomic E-state index is 11.6. The molecular formula is C8H6ClNO3S. The Kier molecular flexibility index (Phi) is 1.84. The maximum Gasteiger partial charge on any atom is 0.268 e. The van der Waals surface area contributed by atoms with Gasteiger partial charge in [0, 0.05) is 7.05 Å². The summed E-state index contributed by atoms with van der Waals surface area (Å²) in [6, 6.07) is 4.45. The predicted octanol–water partition coefficient (Wildman–Crippen LogP) is 1.11. The van der Waals surface area contributed by atoms with E-state index in [0.29, 0.717) is 4.31 Å². The molecule has 0 fully saturated rings. The number of carbonyl (C=O) groups is 1. The zero-order valence-electron chi connectivity index (χ0n) is 7.19. The van der Waals surface area contributed by atoms with Crippen molar-refractivity contribution in [2.75, 3.05) is 7.05 Å². The van der Waals surface area contributed by atoms with Crippen molar-refractivity contribution in [3.8, 4) is 0 Å². The van der Waals surface area contributed by atoms with Crippen molar-refractivity contribution in [1.29, 1.82) is 0 Å². The van der Waals surface area contributed by atoms with Crippen LogP contribution in [0.4, 0.5) is 0 Å². The van der Waals surface area contributed by atoms with Crippen molar-refractivity contribution in [2.45, 2.75) is 4.90 Å². The van der Waals surface area contributed by atoms with Gasteiger partial charge in [-0.05, 0) is 12.1 Å². The van der Waals surface area contributed by atoms with Crippen molar-refractivity contribution < 1.29 is 13.2 Å². The number of carbonyl (C=O) groups excluding carboxylic acids is 1. The van der Waals surface area contributed by atoms with E-state index in [-0.39, 0.29) is 15.5 Å². The minimum Gasteiger partial charge on any atom is -0.268 e. The normalized spacial score (nSPS) is 18.4. The van der Waals surface area contributed by atoms with Gasteiger partial charge in [-0.1, -0.05) is 17.7 Å². The van der Waals surface area contributed by atoms with Crippen LogP contribution in [0.3, 0.4) is 0 Å². The van der Waals surface area contributed by atoms with Gasteiger partial charge in [0.1, 0.15) is 4.90 Å². The molecule has 0 saturated heterocycles. The van der Waals surface area contributed by atoms with Crippen LogP contribution in [0.25, 0.3) is 0 Å². The van der Waals surface area contributed by atoms with Crippen molar-refractivity contribution in [1.82, 2.24) is 4.31 Å². The van der Waals surface area contributed by atoms with Gasteiger partial charge in [-0.15, -0.1) is 0 Å². The summed E-state index contributed by atoms with van der Waals surface area (Å²) in [4.78, 5) is 11.4. The molecule has 0 aromatic heterocycles. The third kappa shape index (κ3) is 0.994. The molecule has 0 N–H and O–H groups in total. The molecule has 4 nitrogen and oxygen atoms in total. The van der Waals surface area contributed by atoms with E-state index in [1.807, 2.05) is 0 Å². The summed E-state index contributed by atoms with van der Waals surface area (Å²) in [6.07, 6.45) is 0. The number of halogens is 1. The molecule has 1 aromatic rings. The van der Waals surface area contributed by atoms with Crippen LogP contribution in [0, 0.1) is 0 Å². The van der Waals surface area contributed by atoms with Gasteiger partial charge in [0.25, 0.3) is 15.9 Å². The van der Waals surface area contributed by atoms with E-state index in [0.717, 1.165) is 0 Å². The summed E-state index contributed by atoms with van der Waals surface area (Å²) in [5.74, 6) is -0.539. The number of fused-ring (bicyclic) bond motifs is 1. The Hall–Kier alpha value is -1.07.